The molecule has 0 amide bonds. The van der Waals surface area contributed by atoms with Crippen molar-refractivity contribution in [3.05, 3.63) is 130 Å². The molecule has 0 bridgehead atoms. The van der Waals surface area contributed by atoms with Gasteiger partial charge in [0, 0.05) is 11.1 Å². The molecule has 0 radical (unpaired) electrons. The molecule has 0 N–H and O–H groups in total. The smallest absolute Gasteiger partial charge is 0.127 e. The second-order valence-electron chi connectivity index (χ2n) is 13.1. The Bertz CT molecular complexity index is 1560. The van der Waals surface area contributed by atoms with Crippen molar-refractivity contribution in [3.63, 3.8) is 0 Å². The van der Waals surface area contributed by atoms with Crippen LogP contribution in [-0.2, 0) is 0 Å². The van der Waals surface area contributed by atoms with Gasteiger partial charge in [0.1, 0.15) is 11.5 Å². The molecule has 258 valence electrons. The van der Waals surface area contributed by atoms with Crippen molar-refractivity contribution in [1.82, 2.24) is 0 Å². The van der Waals surface area contributed by atoms with Gasteiger partial charge in [-0.3, -0.25) is 0 Å². The van der Waals surface area contributed by atoms with Crippen LogP contribution in [0, 0.1) is 6.92 Å². The maximum Gasteiger partial charge on any atom is 0.127 e. The van der Waals surface area contributed by atoms with Crippen LogP contribution < -0.4 is 9.47 Å². The molecule has 4 aromatic carbocycles. The summed E-state index contributed by atoms with van der Waals surface area (Å²) in [6.45, 7) is 8.08. The highest BCUT2D eigenvalue weighted by Crippen LogP contribution is 2.33. The van der Waals surface area contributed by atoms with Gasteiger partial charge in [-0.25, -0.2) is 0 Å². The third-order valence-electron chi connectivity index (χ3n) is 8.85. The summed E-state index contributed by atoms with van der Waals surface area (Å²) >= 11 is 0. The third kappa shape index (κ3) is 14.4. The maximum atomic E-state index is 6.51. The zero-order valence-corrected chi connectivity index (χ0v) is 30.3. The molecule has 0 unspecified atom stereocenters. The van der Waals surface area contributed by atoms with Crippen LogP contribution in [0.4, 0.5) is 0 Å². The molecule has 2 heteroatoms. The first kappa shape index (κ1) is 37.5. The molecular formula is C47H58O2. The fourth-order valence-corrected chi connectivity index (χ4v) is 5.76. The van der Waals surface area contributed by atoms with Crippen molar-refractivity contribution in [3.8, 4) is 11.5 Å². The highest BCUT2D eigenvalue weighted by molar-refractivity contribution is 5.79. The van der Waals surface area contributed by atoms with Crippen LogP contribution in [0.5, 0.6) is 11.5 Å². The molecule has 0 fully saturated rings. The third-order valence-corrected chi connectivity index (χ3v) is 8.85. The second-order valence-corrected chi connectivity index (χ2v) is 13.1. The maximum absolute atomic E-state index is 6.51. The van der Waals surface area contributed by atoms with Gasteiger partial charge in [0.15, 0.2) is 0 Å². The fraction of sp³-hybridized carbons (Fsp3) is 0.362. The average Bonchev–Trinajstić information content (AvgIpc) is 3.13. The van der Waals surface area contributed by atoms with Gasteiger partial charge in [-0.05, 0) is 54.2 Å². The Balaban J connectivity index is 1.54. The Kier molecular flexibility index (Phi) is 17.1. The lowest BCUT2D eigenvalue weighted by molar-refractivity contribution is 0.295. The molecule has 0 aliphatic carbocycles. The first-order valence-electron chi connectivity index (χ1n) is 18.8. The number of aryl methyl sites for hydroxylation is 1. The van der Waals surface area contributed by atoms with E-state index in [9.17, 15) is 0 Å². The highest BCUT2D eigenvalue weighted by Gasteiger charge is 2.11. The van der Waals surface area contributed by atoms with Crippen LogP contribution in [0.2, 0.25) is 0 Å². The topological polar surface area (TPSA) is 18.5 Å². The minimum atomic E-state index is 0.717. The number of hydrogen-bond acceptors (Lipinski definition) is 2. The summed E-state index contributed by atoms with van der Waals surface area (Å²) in [6, 6.07) is 32.1. The lowest BCUT2D eigenvalue weighted by Crippen LogP contribution is -2.03. The summed E-state index contributed by atoms with van der Waals surface area (Å²) in [5, 5.41) is 0. The number of ether oxygens (including phenoxy) is 2. The first-order chi connectivity index (χ1) is 24.1. The van der Waals surface area contributed by atoms with Gasteiger partial charge >= 0.3 is 0 Å². The van der Waals surface area contributed by atoms with Gasteiger partial charge in [-0.1, -0.05) is 199 Å². The number of rotatable bonds is 22. The van der Waals surface area contributed by atoms with Crippen molar-refractivity contribution < 1.29 is 9.47 Å². The Morgan fingerprint density at radius 3 is 1.22 bits per heavy atom. The molecule has 0 heterocycles. The van der Waals surface area contributed by atoms with Crippen molar-refractivity contribution in [2.24, 2.45) is 0 Å². The van der Waals surface area contributed by atoms with Gasteiger partial charge in [-0.15, -0.1) is 0 Å². The van der Waals surface area contributed by atoms with Crippen LogP contribution in [0.1, 0.15) is 130 Å². The number of hydrogen-bond donors (Lipinski definition) is 0. The monoisotopic (exact) mass is 654 g/mol. The minimum Gasteiger partial charge on any atom is -0.493 e. The predicted octanol–water partition coefficient (Wildman–Crippen LogP) is 14.0. The van der Waals surface area contributed by atoms with Crippen molar-refractivity contribution in [2.75, 3.05) is 13.2 Å². The van der Waals surface area contributed by atoms with E-state index in [0.29, 0.717) is 0 Å². The lowest BCUT2D eigenvalue weighted by Gasteiger charge is -2.15. The van der Waals surface area contributed by atoms with Crippen molar-refractivity contribution in [2.45, 2.75) is 97.8 Å². The van der Waals surface area contributed by atoms with E-state index in [4.69, 9.17) is 9.47 Å². The van der Waals surface area contributed by atoms with Gasteiger partial charge in [0.05, 0.1) is 13.2 Å². The Morgan fingerprint density at radius 2 is 0.776 bits per heavy atom. The van der Waals surface area contributed by atoms with Crippen LogP contribution in [0.25, 0.3) is 36.5 Å². The second kappa shape index (κ2) is 22.4. The predicted molar refractivity (Wildman–Crippen MR) is 215 cm³/mol. The molecule has 0 spiro atoms. The summed E-state index contributed by atoms with van der Waals surface area (Å²) in [4.78, 5) is 0. The highest BCUT2D eigenvalue weighted by atomic mass is 16.5. The molecule has 0 saturated carbocycles. The minimum absolute atomic E-state index is 0.717. The lowest BCUT2D eigenvalue weighted by atomic mass is 10.0. The van der Waals surface area contributed by atoms with Gasteiger partial charge in [0.25, 0.3) is 0 Å². The van der Waals surface area contributed by atoms with Crippen LogP contribution in [0.15, 0.2) is 91.0 Å². The molecule has 0 saturated heterocycles. The number of benzene rings is 4. The Labute approximate surface area is 297 Å². The van der Waals surface area contributed by atoms with Crippen LogP contribution in [-0.4, -0.2) is 13.2 Å². The van der Waals surface area contributed by atoms with Gasteiger partial charge in [0.2, 0.25) is 0 Å². The molecule has 49 heavy (non-hydrogen) atoms. The average molecular weight is 655 g/mol. The SMILES string of the molecule is CCCCCCCCOc1cc(C=Cc2ccc(C=Cc3ccc(C)cc3)cc2)c(OCCCCCCCC)cc1C=Cc1ccccc1. The van der Waals surface area contributed by atoms with E-state index in [-0.39, 0.29) is 0 Å². The van der Waals surface area contributed by atoms with E-state index in [2.05, 4.69) is 148 Å². The fourth-order valence-electron chi connectivity index (χ4n) is 5.76. The zero-order chi connectivity index (χ0) is 34.4. The quantitative estimate of drug-likeness (QED) is 0.0620. The molecule has 0 aliphatic heterocycles. The van der Waals surface area contributed by atoms with Gasteiger partial charge in [-0.2, -0.15) is 0 Å². The summed E-state index contributed by atoms with van der Waals surface area (Å²) < 4.78 is 13.0. The molecular weight excluding hydrogens is 597 g/mol. The van der Waals surface area contributed by atoms with E-state index < -0.39 is 0 Å². The molecule has 0 aromatic heterocycles. The molecule has 0 aliphatic rings. The largest absolute Gasteiger partial charge is 0.493 e. The Morgan fingerprint density at radius 1 is 0.408 bits per heavy atom. The molecule has 2 nitrogen and oxygen atoms in total. The van der Waals surface area contributed by atoms with E-state index in [0.717, 1.165) is 54.2 Å². The van der Waals surface area contributed by atoms with E-state index in [1.54, 1.807) is 0 Å². The van der Waals surface area contributed by atoms with Gasteiger partial charge < -0.3 is 9.47 Å². The van der Waals surface area contributed by atoms with Crippen molar-refractivity contribution in [1.29, 1.82) is 0 Å². The summed E-state index contributed by atoms with van der Waals surface area (Å²) in [7, 11) is 0. The van der Waals surface area contributed by atoms with Crippen LogP contribution >= 0.6 is 0 Å². The normalized spacial score (nSPS) is 11.7. The molecule has 4 aromatic rings. The Hall–Kier alpha value is -4.30. The number of unbranched alkanes of at least 4 members (excludes halogenated alkanes) is 10. The zero-order valence-electron chi connectivity index (χ0n) is 30.3. The van der Waals surface area contributed by atoms with E-state index in [1.165, 1.54) is 86.5 Å². The summed E-state index contributed by atoms with van der Waals surface area (Å²) in [6.07, 6.45) is 27.9. The van der Waals surface area contributed by atoms with E-state index in [1.807, 2.05) is 0 Å². The van der Waals surface area contributed by atoms with Crippen LogP contribution in [0.3, 0.4) is 0 Å². The molecule has 4 rings (SSSR count). The van der Waals surface area contributed by atoms with Crippen molar-refractivity contribution >= 4 is 36.5 Å². The summed E-state index contributed by atoms with van der Waals surface area (Å²) in [5.41, 5.74) is 8.08. The first-order valence-corrected chi connectivity index (χ1v) is 18.8. The molecule has 0 atom stereocenters. The van der Waals surface area contributed by atoms with E-state index >= 15 is 0 Å². The standard InChI is InChI=1S/C47H58O2/c1-4-6-8-10-12-17-35-48-46-38-45(34-32-43-29-27-42(28-30-43)26-25-41-23-21-39(3)22-24-41)47(49-36-18-13-11-9-7-5-2)37-44(46)33-31-40-19-15-14-16-20-40/h14-16,19-34,37-38H,4-13,17-18,35-36H2,1-3H3. The summed E-state index contributed by atoms with van der Waals surface area (Å²) in [5.74, 6) is 1.81.